The average molecular weight is 407 g/mol. The smallest absolute Gasteiger partial charge is 0.243 e. The summed E-state index contributed by atoms with van der Waals surface area (Å²) in [4.78, 5) is 12.5. The highest BCUT2D eigenvalue weighted by Gasteiger charge is 2.28. The topological polar surface area (TPSA) is 93.5 Å². The highest BCUT2D eigenvalue weighted by atomic mass is 32.2. The first-order valence-corrected chi connectivity index (χ1v) is 10.8. The molecule has 1 amide bonds. The van der Waals surface area contributed by atoms with Crippen LogP contribution in [-0.4, -0.2) is 54.7 Å². The molecule has 0 unspecified atom stereocenters. The van der Waals surface area contributed by atoms with E-state index in [-0.39, 0.29) is 23.8 Å². The SMILES string of the molecule is Cc1cc(C)n(CCC(=O)NCc2ccccc2S(=O)(=O)N2CCOCC2)n1. The van der Waals surface area contributed by atoms with Crippen molar-refractivity contribution in [3.8, 4) is 0 Å². The number of carbonyl (C=O) groups excluding carboxylic acids is 1. The summed E-state index contributed by atoms with van der Waals surface area (Å²) in [6.45, 7) is 5.97. The van der Waals surface area contributed by atoms with Gasteiger partial charge in [0.15, 0.2) is 0 Å². The van der Waals surface area contributed by atoms with Gasteiger partial charge in [-0.25, -0.2) is 8.42 Å². The molecule has 9 heteroatoms. The molecule has 152 valence electrons. The molecule has 0 aliphatic carbocycles. The summed E-state index contributed by atoms with van der Waals surface area (Å²) in [6.07, 6.45) is 0.278. The number of nitrogens with one attached hydrogen (secondary N) is 1. The number of sulfonamides is 1. The molecular weight excluding hydrogens is 380 g/mol. The van der Waals surface area contributed by atoms with Crippen molar-refractivity contribution in [2.75, 3.05) is 26.3 Å². The van der Waals surface area contributed by atoms with Gasteiger partial charge in [0.2, 0.25) is 15.9 Å². The third kappa shape index (κ3) is 4.78. The molecule has 0 atom stereocenters. The number of amides is 1. The standard InChI is InChI=1S/C19H26N4O4S/c1-15-13-16(2)23(21-15)8-7-19(24)20-14-17-5-3-4-6-18(17)28(25,26)22-9-11-27-12-10-22/h3-6,13H,7-12,14H2,1-2H3,(H,20,24). The van der Waals surface area contributed by atoms with Gasteiger partial charge >= 0.3 is 0 Å². The number of hydrogen-bond acceptors (Lipinski definition) is 5. The number of rotatable bonds is 7. The summed E-state index contributed by atoms with van der Waals surface area (Å²) < 4.78 is 34.4. The fourth-order valence-corrected chi connectivity index (χ4v) is 4.85. The number of ether oxygens (including phenoxy) is 1. The summed E-state index contributed by atoms with van der Waals surface area (Å²) in [5, 5.41) is 7.16. The first kappa shape index (κ1) is 20.5. The Balaban J connectivity index is 1.63. The van der Waals surface area contributed by atoms with E-state index in [0.717, 1.165) is 11.4 Å². The number of hydrogen-bond donors (Lipinski definition) is 1. The fraction of sp³-hybridized carbons (Fsp3) is 0.474. The van der Waals surface area contributed by atoms with Gasteiger partial charge in [-0.3, -0.25) is 9.48 Å². The molecule has 1 aliphatic heterocycles. The Hall–Kier alpha value is -2.23. The van der Waals surface area contributed by atoms with Gasteiger partial charge in [0.25, 0.3) is 0 Å². The van der Waals surface area contributed by atoms with Crippen LogP contribution in [0, 0.1) is 13.8 Å². The predicted octanol–water partition coefficient (Wildman–Crippen LogP) is 1.23. The van der Waals surface area contributed by atoms with E-state index in [4.69, 9.17) is 4.74 Å². The lowest BCUT2D eigenvalue weighted by atomic mass is 10.2. The summed E-state index contributed by atoms with van der Waals surface area (Å²) in [7, 11) is -3.61. The molecular formula is C19H26N4O4S. The largest absolute Gasteiger partial charge is 0.379 e. The van der Waals surface area contributed by atoms with Crippen molar-refractivity contribution >= 4 is 15.9 Å². The third-order valence-electron chi connectivity index (χ3n) is 4.69. The van der Waals surface area contributed by atoms with Gasteiger partial charge in [-0.2, -0.15) is 9.40 Å². The quantitative estimate of drug-likeness (QED) is 0.746. The van der Waals surface area contributed by atoms with E-state index in [0.29, 0.717) is 38.4 Å². The van der Waals surface area contributed by atoms with Gasteiger partial charge in [0.1, 0.15) is 0 Å². The molecule has 2 aromatic rings. The molecule has 8 nitrogen and oxygen atoms in total. The Labute approximate surface area is 165 Å². The van der Waals surface area contributed by atoms with Crippen LogP contribution in [0.4, 0.5) is 0 Å². The lowest BCUT2D eigenvalue weighted by molar-refractivity contribution is -0.121. The number of morpholine rings is 1. The van der Waals surface area contributed by atoms with Crippen molar-refractivity contribution < 1.29 is 17.9 Å². The number of aromatic nitrogens is 2. The van der Waals surface area contributed by atoms with Crippen LogP contribution in [0.25, 0.3) is 0 Å². The van der Waals surface area contributed by atoms with Crippen LogP contribution >= 0.6 is 0 Å². The van der Waals surface area contributed by atoms with Gasteiger partial charge < -0.3 is 10.1 Å². The zero-order chi connectivity index (χ0) is 20.1. The molecule has 1 fully saturated rings. The number of nitrogens with zero attached hydrogens (tertiary/aromatic N) is 3. The zero-order valence-electron chi connectivity index (χ0n) is 16.2. The van der Waals surface area contributed by atoms with E-state index < -0.39 is 10.0 Å². The van der Waals surface area contributed by atoms with Crippen molar-refractivity contribution in [3.05, 3.63) is 47.3 Å². The molecule has 1 aromatic heterocycles. The highest BCUT2D eigenvalue weighted by Crippen LogP contribution is 2.21. The monoisotopic (exact) mass is 406 g/mol. The molecule has 3 rings (SSSR count). The van der Waals surface area contributed by atoms with Crippen molar-refractivity contribution in [2.24, 2.45) is 0 Å². The van der Waals surface area contributed by atoms with Crippen LogP contribution in [0.3, 0.4) is 0 Å². The average Bonchev–Trinajstić information content (AvgIpc) is 3.02. The van der Waals surface area contributed by atoms with Crippen LogP contribution in [0.2, 0.25) is 0 Å². The molecule has 28 heavy (non-hydrogen) atoms. The zero-order valence-corrected chi connectivity index (χ0v) is 17.0. The molecule has 1 aromatic carbocycles. The van der Waals surface area contributed by atoms with Crippen LogP contribution in [-0.2, 0) is 32.6 Å². The number of carbonyl (C=O) groups is 1. The summed E-state index contributed by atoms with van der Waals surface area (Å²) >= 11 is 0. The van der Waals surface area contributed by atoms with Crippen LogP contribution < -0.4 is 5.32 Å². The Morgan fingerprint density at radius 2 is 1.93 bits per heavy atom. The fourth-order valence-electron chi connectivity index (χ4n) is 3.22. The van der Waals surface area contributed by atoms with Gasteiger partial charge in [-0.15, -0.1) is 0 Å². The Morgan fingerprint density at radius 3 is 2.61 bits per heavy atom. The van der Waals surface area contributed by atoms with E-state index in [1.165, 1.54) is 4.31 Å². The number of benzene rings is 1. The minimum absolute atomic E-state index is 0.147. The van der Waals surface area contributed by atoms with Gasteiger partial charge in [-0.1, -0.05) is 18.2 Å². The van der Waals surface area contributed by atoms with E-state index in [9.17, 15) is 13.2 Å². The van der Waals surface area contributed by atoms with Gasteiger partial charge in [-0.05, 0) is 31.5 Å². The summed E-state index contributed by atoms with van der Waals surface area (Å²) in [5.74, 6) is -0.147. The third-order valence-corrected chi connectivity index (χ3v) is 6.69. The predicted molar refractivity (Wildman–Crippen MR) is 104 cm³/mol. The molecule has 1 aliphatic rings. The Morgan fingerprint density at radius 1 is 1.21 bits per heavy atom. The van der Waals surface area contributed by atoms with E-state index in [1.807, 2.05) is 19.9 Å². The maximum atomic E-state index is 12.9. The lowest BCUT2D eigenvalue weighted by Crippen LogP contribution is -2.41. The molecule has 0 spiro atoms. The van der Waals surface area contributed by atoms with Crippen molar-refractivity contribution in [1.82, 2.24) is 19.4 Å². The second-order valence-electron chi connectivity index (χ2n) is 6.80. The molecule has 1 saturated heterocycles. The van der Waals surface area contributed by atoms with Gasteiger partial charge in [0, 0.05) is 38.3 Å². The van der Waals surface area contributed by atoms with Crippen LogP contribution in [0.5, 0.6) is 0 Å². The van der Waals surface area contributed by atoms with Crippen LogP contribution in [0.1, 0.15) is 23.4 Å². The van der Waals surface area contributed by atoms with Gasteiger partial charge in [0.05, 0.1) is 23.8 Å². The first-order valence-electron chi connectivity index (χ1n) is 9.31. The second-order valence-corrected chi connectivity index (χ2v) is 8.71. The highest BCUT2D eigenvalue weighted by molar-refractivity contribution is 7.89. The van der Waals surface area contributed by atoms with E-state index in [2.05, 4.69) is 10.4 Å². The van der Waals surface area contributed by atoms with E-state index in [1.54, 1.807) is 28.9 Å². The Bertz CT molecular complexity index is 933. The molecule has 1 N–H and O–H groups in total. The first-order chi connectivity index (χ1) is 13.4. The van der Waals surface area contributed by atoms with Crippen LogP contribution in [0.15, 0.2) is 35.2 Å². The maximum Gasteiger partial charge on any atom is 0.243 e. The maximum absolute atomic E-state index is 12.9. The molecule has 0 bridgehead atoms. The summed E-state index contributed by atoms with van der Waals surface area (Å²) in [6, 6.07) is 8.75. The van der Waals surface area contributed by atoms with Crippen molar-refractivity contribution in [3.63, 3.8) is 0 Å². The molecule has 0 saturated carbocycles. The molecule has 0 radical (unpaired) electrons. The van der Waals surface area contributed by atoms with E-state index >= 15 is 0 Å². The normalized spacial score (nSPS) is 15.5. The number of aryl methyl sites for hydroxylation is 3. The molecule has 2 heterocycles. The minimum atomic E-state index is -3.61. The second kappa shape index (κ2) is 8.85. The van der Waals surface area contributed by atoms with Crippen molar-refractivity contribution in [2.45, 2.75) is 38.3 Å². The van der Waals surface area contributed by atoms with Crippen molar-refractivity contribution in [1.29, 1.82) is 0 Å². The summed E-state index contributed by atoms with van der Waals surface area (Å²) in [5.41, 5.74) is 2.50. The lowest BCUT2D eigenvalue weighted by Gasteiger charge is -2.27. The Kier molecular flexibility index (Phi) is 6.48. The minimum Gasteiger partial charge on any atom is -0.379 e.